The number of hydrogen-bond acceptors (Lipinski definition) is 14. The van der Waals surface area contributed by atoms with Crippen LogP contribution in [0.15, 0.2) is 36.4 Å². The Bertz CT molecular complexity index is 2900. The predicted octanol–water partition coefficient (Wildman–Crippen LogP) is 12.7. The van der Waals surface area contributed by atoms with Crippen LogP contribution in [0.5, 0.6) is 0 Å². The molecule has 2 aliphatic rings. The summed E-state index contributed by atoms with van der Waals surface area (Å²) in [6.07, 6.45) is 3.24. The number of nitrogens with one attached hydrogen (secondary N) is 4. The fraction of sp³-hybridized carbons (Fsp3) is 0.519. The third-order valence-corrected chi connectivity index (χ3v) is 16.8. The first-order valence-corrected chi connectivity index (χ1v) is 28.4. The van der Waals surface area contributed by atoms with Gasteiger partial charge in [0.25, 0.3) is 0 Å². The molecule has 0 radical (unpaired) electrons. The summed E-state index contributed by atoms with van der Waals surface area (Å²) < 4.78 is 13.5. The molecule has 2 atom stereocenters. The van der Waals surface area contributed by atoms with Crippen LogP contribution < -0.4 is 21.3 Å². The molecule has 18 heteroatoms. The molecule has 8 rings (SSSR count). The van der Waals surface area contributed by atoms with Crippen molar-refractivity contribution in [3.63, 3.8) is 0 Å². The topological polar surface area (TPSA) is 167 Å². The number of amides is 4. The molecule has 2 unspecified atom stereocenters. The van der Waals surface area contributed by atoms with E-state index in [1.54, 1.807) is 43.8 Å². The quantitative estimate of drug-likeness (QED) is 0.0824. The highest BCUT2D eigenvalue weighted by Gasteiger charge is 2.33. The number of anilines is 2. The van der Waals surface area contributed by atoms with Gasteiger partial charge >= 0.3 is 12.2 Å². The Morgan fingerprint density at radius 2 is 1.31 bits per heavy atom. The Morgan fingerprint density at radius 1 is 0.750 bits per heavy atom. The second kappa shape index (κ2) is 23.5. The van der Waals surface area contributed by atoms with E-state index in [1.165, 1.54) is 32.0 Å². The molecule has 0 spiro atoms. The van der Waals surface area contributed by atoms with Crippen LogP contribution in [0.1, 0.15) is 127 Å². The first-order chi connectivity index (χ1) is 34.1. The Labute approximate surface area is 440 Å². The van der Waals surface area contributed by atoms with Gasteiger partial charge in [-0.2, -0.15) is 0 Å². The molecule has 14 nitrogen and oxygen atoms in total. The summed E-state index contributed by atoms with van der Waals surface area (Å²) in [7, 11) is 0. The van der Waals surface area contributed by atoms with Gasteiger partial charge in [0.1, 0.15) is 31.2 Å². The molecule has 4 N–H and O–H groups in total. The minimum atomic E-state index is -0.626. The van der Waals surface area contributed by atoms with Crippen LogP contribution in [0.2, 0.25) is 0 Å². The van der Waals surface area contributed by atoms with Crippen LogP contribution in [-0.2, 0) is 45.0 Å². The highest BCUT2D eigenvalue weighted by Crippen LogP contribution is 2.47. The van der Waals surface area contributed by atoms with Crippen LogP contribution in [0.4, 0.5) is 19.6 Å². The van der Waals surface area contributed by atoms with Gasteiger partial charge in [0.05, 0.1) is 27.0 Å². The van der Waals surface area contributed by atoms with E-state index in [1.807, 2.05) is 62.3 Å². The zero-order valence-electron chi connectivity index (χ0n) is 44.0. The summed E-state index contributed by atoms with van der Waals surface area (Å²) in [4.78, 5) is 67.3. The average Bonchev–Trinajstić information content (AvgIpc) is 4.09. The molecule has 6 heterocycles. The first-order valence-electron chi connectivity index (χ1n) is 25.1. The molecule has 388 valence electrons. The normalized spacial score (nSPS) is 14.5. The van der Waals surface area contributed by atoms with E-state index in [0.717, 1.165) is 90.2 Å². The van der Waals surface area contributed by atoms with Crippen LogP contribution in [0, 0.1) is 13.8 Å². The third kappa shape index (κ3) is 14.0. The minimum Gasteiger partial charge on any atom is -0.444 e. The van der Waals surface area contributed by atoms with Crippen molar-refractivity contribution in [2.45, 2.75) is 158 Å². The summed E-state index contributed by atoms with van der Waals surface area (Å²) in [6.45, 7) is 27.1. The highest BCUT2D eigenvalue weighted by atomic mass is 32.1. The molecular formula is C54H72N8O6S4. The maximum atomic E-state index is 13.4. The molecule has 0 saturated heterocycles. The van der Waals surface area contributed by atoms with Crippen molar-refractivity contribution in [1.29, 1.82) is 0 Å². The fourth-order valence-electron chi connectivity index (χ4n) is 8.35. The van der Waals surface area contributed by atoms with Gasteiger partial charge in [0.15, 0.2) is 0 Å². The van der Waals surface area contributed by atoms with Gasteiger partial charge in [0, 0.05) is 72.0 Å². The summed E-state index contributed by atoms with van der Waals surface area (Å²) >= 11 is 6.48. The molecule has 6 aromatic rings. The molecule has 4 amide bonds. The van der Waals surface area contributed by atoms with E-state index in [9.17, 15) is 19.2 Å². The predicted molar refractivity (Wildman–Crippen MR) is 298 cm³/mol. The van der Waals surface area contributed by atoms with Crippen molar-refractivity contribution in [2.24, 2.45) is 0 Å². The zero-order valence-corrected chi connectivity index (χ0v) is 47.2. The molecule has 0 bridgehead atoms. The summed E-state index contributed by atoms with van der Waals surface area (Å²) in [6, 6.07) is 13.0. The van der Waals surface area contributed by atoms with Crippen molar-refractivity contribution in [3.8, 4) is 21.1 Å². The molecular weight excluding hydrogens is 985 g/mol. The number of thiophene rings is 2. The van der Waals surface area contributed by atoms with E-state index in [-0.39, 0.29) is 36.9 Å². The van der Waals surface area contributed by atoms with Crippen LogP contribution in [0.3, 0.4) is 0 Å². The number of carbonyl (C=O) groups is 4. The van der Waals surface area contributed by atoms with Crippen molar-refractivity contribution >= 4 is 99.8 Å². The second-order valence-corrected chi connectivity index (χ2v) is 25.0. The molecule has 0 saturated carbocycles. The lowest BCUT2D eigenvalue weighted by Crippen LogP contribution is -2.43. The number of carbonyl (C=O) groups excluding carboxylic acids is 4. The Kier molecular flexibility index (Phi) is 17.9. The Morgan fingerprint density at radius 3 is 1.86 bits per heavy atom. The van der Waals surface area contributed by atoms with Gasteiger partial charge in [-0.15, -0.1) is 45.3 Å². The van der Waals surface area contributed by atoms with Crippen molar-refractivity contribution in [1.82, 2.24) is 30.4 Å². The van der Waals surface area contributed by atoms with Crippen LogP contribution >= 0.6 is 45.3 Å². The average molecular weight is 1060 g/mol. The van der Waals surface area contributed by atoms with E-state index < -0.39 is 17.3 Å². The standard InChI is InChI=1S/C32H44N4O5S2.C22H28N4OS2/c1-10-20(3)36(30(39)41-32(7,8)9)16-14-25(37)34-28-26(27-33-22-17-19(2)11-12-23(22)42-27)21-13-15-35(18-24(21)43-28)29(38)40-31(4,5)6;1-4-14(3)24-10-8-19(27)26-22-20(15-7-9-23-12-18(15)29-22)21-25-16-11-13(2)5-6-17(16)28-21/h11-12,17,20H,10,13-16,18H2,1-9H3,(H,34,37);5-6,11,14,23-24H,4,7-10,12H2,1-3H3,(H,26,27). The highest BCUT2D eigenvalue weighted by molar-refractivity contribution is 7.23. The van der Waals surface area contributed by atoms with E-state index in [4.69, 9.17) is 19.4 Å². The van der Waals surface area contributed by atoms with Gasteiger partial charge < -0.3 is 40.5 Å². The van der Waals surface area contributed by atoms with E-state index >= 15 is 0 Å². The monoisotopic (exact) mass is 1060 g/mol. The number of benzene rings is 2. The molecule has 0 fully saturated rings. The van der Waals surface area contributed by atoms with Gasteiger partial charge in [-0.3, -0.25) is 9.59 Å². The number of aryl methyl sites for hydroxylation is 2. The largest absolute Gasteiger partial charge is 0.444 e. The summed E-state index contributed by atoms with van der Waals surface area (Å²) in [5.74, 6) is -0.136. The summed E-state index contributed by atoms with van der Waals surface area (Å²) in [5.41, 5.74) is 7.60. The number of fused-ring (bicyclic) bond motifs is 4. The van der Waals surface area contributed by atoms with Gasteiger partial charge in [-0.05, 0) is 148 Å². The van der Waals surface area contributed by atoms with Gasteiger partial charge in [-0.1, -0.05) is 26.0 Å². The van der Waals surface area contributed by atoms with E-state index in [2.05, 4.69) is 78.4 Å². The van der Waals surface area contributed by atoms with Crippen LogP contribution in [-0.4, -0.2) is 93.2 Å². The van der Waals surface area contributed by atoms with Crippen molar-refractivity contribution in [2.75, 3.05) is 36.8 Å². The Balaban J connectivity index is 0.000000227. The number of nitrogens with zero attached hydrogens (tertiary/aromatic N) is 4. The van der Waals surface area contributed by atoms with Gasteiger partial charge in [0.2, 0.25) is 11.8 Å². The molecule has 0 aliphatic carbocycles. The fourth-order valence-corrected chi connectivity index (χ4v) is 13.0. The maximum Gasteiger partial charge on any atom is 0.410 e. The van der Waals surface area contributed by atoms with Crippen molar-refractivity contribution < 1.29 is 28.7 Å². The molecule has 72 heavy (non-hydrogen) atoms. The minimum absolute atomic E-state index is 0.0607. The SMILES string of the molecule is CCC(C)N(CCC(=O)Nc1sc2c(c1-c1nc3cc(C)ccc3s1)CCN(C(=O)OC(C)(C)C)C2)C(=O)OC(C)(C)C.CCC(C)NCCC(=O)Nc1sc2c(c1-c1nc3cc(C)ccc3s1)CCNC2. The third-order valence-electron chi connectivity index (χ3n) is 12.4. The lowest BCUT2D eigenvalue weighted by atomic mass is 10.0. The van der Waals surface area contributed by atoms with E-state index in [0.29, 0.717) is 43.5 Å². The van der Waals surface area contributed by atoms with Crippen LogP contribution in [0.25, 0.3) is 41.6 Å². The first kappa shape index (κ1) is 54.8. The smallest absolute Gasteiger partial charge is 0.410 e. The number of rotatable bonds is 14. The van der Waals surface area contributed by atoms with Gasteiger partial charge in [-0.25, -0.2) is 19.6 Å². The number of hydrogen-bond donors (Lipinski definition) is 4. The number of thiazole rings is 2. The second-order valence-electron chi connectivity index (χ2n) is 20.8. The molecule has 2 aliphatic heterocycles. The molecule has 4 aromatic heterocycles. The Hall–Kier alpha value is -4.98. The number of ether oxygens (including phenoxy) is 2. The lowest BCUT2D eigenvalue weighted by molar-refractivity contribution is -0.117. The summed E-state index contributed by atoms with van der Waals surface area (Å²) in [5, 5.41) is 16.7. The zero-order chi connectivity index (χ0) is 52.1. The number of aromatic nitrogens is 2. The maximum absolute atomic E-state index is 13.4. The lowest BCUT2D eigenvalue weighted by Gasteiger charge is -2.31. The van der Waals surface area contributed by atoms with Crippen molar-refractivity contribution in [3.05, 3.63) is 68.4 Å². The molecule has 2 aromatic carbocycles.